The zero-order valence-corrected chi connectivity index (χ0v) is 18.1. The number of hydrogen-bond donors (Lipinski definition) is 1. The van der Waals surface area contributed by atoms with Crippen LogP contribution in [0.4, 0.5) is 17.6 Å². The van der Waals surface area contributed by atoms with Crippen molar-refractivity contribution in [1.82, 2.24) is 9.62 Å². The van der Waals surface area contributed by atoms with Crippen LogP contribution in [0.3, 0.4) is 0 Å². The van der Waals surface area contributed by atoms with E-state index < -0.39 is 51.2 Å². The van der Waals surface area contributed by atoms with Crippen molar-refractivity contribution < 1.29 is 39.9 Å². The largest absolute Gasteiger partial charge is 0.494 e. The molecular weight excluding hydrogens is 456 g/mol. The van der Waals surface area contributed by atoms with Gasteiger partial charge < -0.3 is 14.5 Å². The number of benzene rings is 1. The van der Waals surface area contributed by atoms with E-state index >= 15 is 0 Å². The number of carbonyl (C=O) groups excluding carboxylic acids is 1. The van der Waals surface area contributed by atoms with Gasteiger partial charge >= 0.3 is 6.18 Å². The topological polar surface area (TPSA) is 88.9 Å². The molecule has 3 rings (SSSR count). The number of aryl methyl sites for hydroxylation is 1. The maximum atomic E-state index is 14.2. The van der Waals surface area contributed by atoms with Gasteiger partial charge in [-0.1, -0.05) is 6.07 Å². The Morgan fingerprint density at radius 2 is 1.97 bits per heavy atom. The molecule has 2 aromatic rings. The lowest BCUT2D eigenvalue weighted by Gasteiger charge is -2.29. The van der Waals surface area contributed by atoms with Gasteiger partial charge in [-0.25, -0.2) is 12.8 Å². The van der Waals surface area contributed by atoms with Crippen molar-refractivity contribution in [2.75, 3.05) is 13.7 Å². The van der Waals surface area contributed by atoms with Crippen LogP contribution < -0.4 is 10.1 Å². The van der Waals surface area contributed by atoms with E-state index in [2.05, 4.69) is 9.73 Å². The number of sulfonamides is 1. The third kappa shape index (κ3) is 4.90. The molecule has 1 unspecified atom stereocenters. The zero-order valence-electron chi connectivity index (χ0n) is 17.3. The van der Waals surface area contributed by atoms with Gasteiger partial charge in [-0.05, 0) is 43.9 Å². The fraction of sp³-hybridized carbons (Fsp3) is 0.450. The van der Waals surface area contributed by atoms with Crippen molar-refractivity contribution in [3.63, 3.8) is 0 Å². The molecule has 1 aromatic carbocycles. The maximum absolute atomic E-state index is 14.2. The molecule has 1 aliphatic rings. The second-order valence-corrected chi connectivity index (χ2v) is 9.23. The average molecular weight is 478 g/mol. The predicted molar refractivity (Wildman–Crippen MR) is 105 cm³/mol. The van der Waals surface area contributed by atoms with E-state index in [9.17, 15) is 30.8 Å². The van der Waals surface area contributed by atoms with E-state index in [1.165, 1.54) is 26.2 Å². The van der Waals surface area contributed by atoms with Crippen LogP contribution in [-0.2, 0) is 27.5 Å². The summed E-state index contributed by atoms with van der Waals surface area (Å²) in [5, 5.41) is 2.58. The molecule has 1 amide bonds. The molecule has 1 aliphatic heterocycles. The normalized spacial score (nSPS) is 17.8. The second kappa shape index (κ2) is 9.10. The Hall–Kier alpha value is -2.60. The molecule has 0 saturated carbocycles. The van der Waals surface area contributed by atoms with E-state index in [1.807, 2.05) is 0 Å². The predicted octanol–water partition coefficient (Wildman–Crippen LogP) is 3.61. The van der Waals surface area contributed by atoms with E-state index in [0.717, 1.165) is 12.1 Å². The van der Waals surface area contributed by atoms with Crippen molar-refractivity contribution >= 4 is 15.9 Å². The van der Waals surface area contributed by atoms with Gasteiger partial charge in [-0.2, -0.15) is 17.5 Å². The van der Waals surface area contributed by atoms with Gasteiger partial charge in [0.1, 0.15) is 16.7 Å². The fourth-order valence-corrected chi connectivity index (χ4v) is 5.37. The molecule has 0 aliphatic carbocycles. The average Bonchev–Trinajstić information content (AvgIpc) is 3.01. The lowest BCUT2D eigenvalue weighted by Crippen LogP contribution is -2.48. The SMILES string of the molecule is COc1ccc(CN(C2CCCCNC2=O)S(=O)(=O)c2cc(C)oc2C(F)(F)F)cc1F. The summed E-state index contributed by atoms with van der Waals surface area (Å²) in [4.78, 5) is 11.5. The monoisotopic (exact) mass is 478 g/mol. The number of methoxy groups -OCH3 is 1. The third-order valence-corrected chi connectivity index (χ3v) is 6.93. The highest BCUT2D eigenvalue weighted by molar-refractivity contribution is 7.89. The third-order valence-electron chi connectivity index (χ3n) is 5.07. The minimum absolute atomic E-state index is 0.0832. The van der Waals surface area contributed by atoms with Gasteiger partial charge in [0.2, 0.25) is 21.7 Å². The molecule has 1 aromatic heterocycles. The highest BCUT2D eigenvalue weighted by atomic mass is 32.2. The number of ether oxygens (including phenoxy) is 1. The number of rotatable bonds is 6. The van der Waals surface area contributed by atoms with Crippen LogP contribution in [0, 0.1) is 12.7 Å². The summed E-state index contributed by atoms with van der Waals surface area (Å²) in [6, 6.07) is 3.16. The summed E-state index contributed by atoms with van der Waals surface area (Å²) < 4.78 is 91.7. The molecule has 32 heavy (non-hydrogen) atoms. The first-order valence-electron chi connectivity index (χ1n) is 9.74. The Kier molecular flexibility index (Phi) is 6.84. The summed E-state index contributed by atoms with van der Waals surface area (Å²) in [5.74, 6) is -3.41. The van der Waals surface area contributed by atoms with Crippen LogP contribution in [0.15, 0.2) is 33.6 Å². The Morgan fingerprint density at radius 3 is 2.59 bits per heavy atom. The maximum Gasteiger partial charge on any atom is 0.450 e. The first-order valence-corrected chi connectivity index (χ1v) is 11.2. The molecule has 7 nitrogen and oxygen atoms in total. The Morgan fingerprint density at radius 1 is 1.25 bits per heavy atom. The molecule has 12 heteroatoms. The Balaban J connectivity index is 2.12. The number of nitrogens with one attached hydrogen (secondary N) is 1. The van der Waals surface area contributed by atoms with E-state index in [4.69, 9.17) is 4.74 Å². The number of amides is 1. The molecular formula is C20H22F4N2O5S. The van der Waals surface area contributed by atoms with Crippen LogP contribution in [0.25, 0.3) is 0 Å². The van der Waals surface area contributed by atoms with E-state index in [-0.39, 0.29) is 23.5 Å². The lowest BCUT2D eigenvalue weighted by atomic mass is 10.1. The van der Waals surface area contributed by atoms with Crippen molar-refractivity contribution in [3.8, 4) is 5.75 Å². The summed E-state index contributed by atoms with van der Waals surface area (Å²) in [6.45, 7) is 0.984. The molecule has 1 N–H and O–H groups in total. The quantitative estimate of drug-likeness (QED) is 0.641. The van der Waals surface area contributed by atoms with Gasteiger partial charge in [0.15, 0.2) is 11.6 Å². The van der Waals surface area contributed by atoms with Crippen LogP contribution in [-0.4, -0.2) is 38.3 Å². The molecule has 1 fully saturated rings. The van der Waals surface area contributed by atoms with Crippen LogP contribution >= 0.6 is 0 Å². The molecule has 0 bridgehead atoms. The van der Waals surface area contributed by atoms with Crippen LogP contribution in [0.2, 0.25) is 0 Å². The lowest BCUT2D eigenvalue weighted by molar-refractivity contribution is -0.156. The fourth-order valence-electron chi connectivity index (χ4n) is 3.56. The van der Waals surface area contributed by atoms with Gasteiger partial charge in [0.25, 0.3) is 0 Å². The number of nitrogens with zero attached hydrogens (tertiary/aromatic N) is 1. The molecule has 2 heterocycles. The van der Waals surface area contributed by atoms with Crippen molar-refractivity contribution in [1.29, 1.82) is 0 Å². The smallest absolute Gasteiger partial charge is 0.450 e. The molecule has 1 atom stereocenters. The van der Waals surface area contributed by atoms with Gasteiger partial charge in [0, 0.05) is 19.2 Å². The van der Waals surface area contributed by atoms with Gasteiger partial charge in [-0.3, -0.25) is 4.79 Å². The number of carbonyl (C=O) groups is 1. The summed E-state index contributed by atoms with van der Waals surface area (Å²) in [7, 11) is -3.61. The van der Waals surface area contributed by atoms with E-state index in [1.54, 1.807) is 0 Å². The van der Waals surface area contributed by atoms with Crippen molar-refractivity contribution in [3.05, 3.63) is 47.2 Å². The van der Waals surface area contributed by atoms with Gasteiger partial charge in [0.05, 0.1) is 7.11 Å². The minimum atomic E-state index is -5.07. The molecule has 176 valence electrons. The van der Waals surface area contributed by atoms with E-state index in [0.29, 0.717) is 23.7 Å². The Bertz CT molecular complexity index is 1100. The summed E-state index contributed by atoms with van der Waals surface area (Å²) in [6.07, 6.45) is -3.91. The minimum Gasteiger partial charge on any atom is -0.494 e. The number of hydrogen-bond acceptors (Lipinski definition) is 5. The highest BCUT2D eigenvalue weighted by Crippen LogP contribution is 2.38. The number of alkyl halides is 3. The first kappa shape index (κ1) is 24.1. The second-order valence-electron chi connectivity index (χ2n) is 7.37. The number of furan rings is 1. The molecule has 1 saturated heterocycles. The molecule has 0 radical (unpaired) electrons. The number of halogens is 4. The zero-order chi connectivity index (χ0) is 23.7. The Labute approximate surface area is 182 Å². The summed E-state index contributed by atoms with van der Waals surface area (Å²) in [5.41, 5.74) is 0.137. The first-order chi connectivity index (χ1) is 14.9. The summed E-state index contributed by atoms with van der Waals surface area (Å²) >= 11 is 0. The highest BCUT2D eigenvalue weighted by Gasteiger charge is 2.46. The van der Waals surface area contributed by atoms with Crippen LogP contribution in [0.1, 0.15) is 36.3 Å². The van der Waals surface area contributed by atoms with Crippen molar-refractivity contribution in [2.45, 2.75) is 49.8 Å². The standard InChI is InChI=1S/C20H22F4N2O5S/c1-12-9-17(18(31-12)20(22,23)24)32(28,29)26(15-5-3-4-8-25-19(15)27)11-13-6-7-16(30-2)14(21)10-13/h6-7,9-10,15H,3-5,8,11H2,1-2H3,(H,25,27). The molecule has 0 spiro atoms. The van der Waals surface area contributed by atoms with Crippen molar-refractivity contribution in [2.24, 2.45) is 0 Å². The van der Waals surface area contributed by atoms with Crippen LogP contribution in [0.5, 0.6) is 5.75 Å². The van der Waals surface area contributed by atoms with Gasteiger partial charge in [-0.15, -0.1) is 0 Å².